The summed E-state index contributed by atoms with van der Waals surface area (Å²) in [7, 11) is -3.68. The molecule has 35 heavy (non-hydrogen) atoms. The molecule has 1 amide bonds. The third kappa shape index (κ3) is 8.74. The number of rotatable bonds is 7. The van der Waals surface area contributed by atoms with Crippen molar-refractivity contribution < 1.29 is 41.0 Å². The van der Waals surface area contributed by atoms with Gasteiger partial charge in [-0.3, -0.25) is 4.79 Å². The standard InChI is InChI=1S/C20H31N3O4S.C2HF3O2/c1-16-5-6-19(14-17(16)2)28(25,26)23(15-18-4-3-13-27-18)10-7-20(24)22-11-8-21-9-12-22;3-2(4,5)1(6)7/h5-6,14,18,21H,3-4,7-13,15H2,1-2H3;(H,6,7). The first-order valence-electron chi connectivity index (χ1n) is 11.3. The van der Waals surface area contributed by atoms with E-state index in [1.165, 1.54) is 4.31 Å². The Bertz CT molecular complexity index is 975. The molecule has 13 heteroatoms. The Morgan fingerprint density at radius 1 is 1.20 bits per heavy atom. The van der Waals surface area contributed by atoms with Crippen LogP contribution in [0.3, 0.4) is 0 Å². The number of carbonyl (C=O) groups excluding carboxylic acids is 1. The van der Waals surface area contributed by atoms with E-state index in [-0.39, 0.29) is 29.9 Å². The maximum absolute atomic E-state index is 13.3. The van der Waals surface area contributed by atoms with Crippen LogP contribution in [0.15, 0.2) is 23.1 Å². The largest absolute Gasteiger partial charge is 0.490 e. The summed E-state index contributed by atoms with van der Waals surface area (Å²) in [5.74, 6) is -2.75. The van der Waals surface area contributed by atoms with Crippen LogP contribution < -0.4 is 5.32 Å². The second-order valence-corrected chi connectivity index (χ2v) is 10.4. The normalized spacial score (nSPS) is 18.8. The summed E-state index contributed by atoms with van der Waals surface area (Å²) in [6.45, 7) is 7.93. The quantitative estimate of drug-likeness (QED) is 0.561. The van der Waals surface area contributed by atoms with E-state index in [9.17, 15) is 26.4 Å². The van der Waals surface area contributed by atoms with E-state index >= 15 is 0 Å². The number of carboxylic acid groups (broad SMARTS) is 1. The van der Waals surface area contributed by atoms with Gasteiger partial charge in [0.05, 0.1) is 11.0 Å². The first kappa shape index (κ1) is 29.0. The van der Waals surface area contributed by atoms with Gasteiger partial charge in [0, 0.05) is 52.3 Å². The molecule has 2 aliphatic heterocycles. The Kier molecular flexibility index (Phi) is 10.5. The lowest BCUT2D eigenvalue weighted by molar-refractivity contribution is -0.192. The zero-order chi connectivity index (χ0) is 26.2. The number of hydrogen-bond acceptors (Lipinski definition) is 6. The van der Waals surface area contributed by atoms with Crippen molar-refractivity contribution in [2.24, 2.45) is 0 Å². The molecule has 3 rings (SSSR count). The van der Waals surface area contributed by atoms with Crippen LogP contribution in [0.2, 0.25) is 0 Å². The molecule has 2 heterocycles. The zero-order valence-electron chi connectivity index (χ0n) is 19.8. The number of ether oxygens (including phenoxy) is 1. The topological polar surface area (TPSA) is 116 Å². The number of carbonyl (C=O) groups is 2. The Labute approximate surface area is 203 Å². The Hall–Kier alpha value is -2.22. The Balaban J connectivity index is 0.000000540. The molecule has 0 spiro atoms. The summed E-state index contributed by atoms with van der Waals surface area (Å²) in [4.78, 5) is 23.5. The van der Waals surface area contributed by atoms with E-state index in [1.54, 1.807) is 12.1 Å². The number of aliphatic carboxylic acids is 1. The van der Waals surface area contributed by atoms with E-state index in [0.29, 0.717) is 26.2 Å². The molecule has 1 aromatic carbocycles. The summed E-state index contributed by atoms with van der Waals surface area (Å²) >= 11 is 0. The van der Waals surface area contributed by atoms with Gasteiger partial charge >= 0.3 is 12.1 Å². The minimum Gasteiger partial charge on any atom is -0.475 e. The molecule has 2 fully saturated rings. The highest BCUT2D eigenvalue weighted by Crippen LogP contribution is 2.22. The zero-order valence-corrected chi connectivity index (χ0v) is 20.6. The second-order valence-electron chi connectivity index (χ2n) is 8.43. The van der Waals surface area contributed by atoms with E-state index in [1.807, 2.05) is 24.8 Å². The Morgan fingerprint density at radius 3 is 2.34 bits per heavy atom. The summed E-state index contributed by atoms with van der Waals surface area (Å²) in [6.07, 6.45) is -3.20. The maximum atomic E-state index is 13.3. The minimum absolute atomic E-state index is 0.00845. The number of amides is 1. The molecule has 0 aliphatic carbocycles. The summed E-state index contributed by atoms with van der Waals surface area (Å²) in [5, 5.41) is 10.3. The van der Waals surface area contributed by atoms with E-state index in [2.05, 4.69) is 5.32 Å². The van der Waals surface area contributed by atoms with E-state index in [4.69, 9.17) is 14.6 Å². The fourth-order valence-corrected chi connectivity index (χ4v) is 5.20. The van der Waals surface area contributed by atoms with Gasteiger partial charge in [0.1, 0.15) is 0 Å². The molecule has 2 saturated heterocycles. The first-order chi connectivity index (χ1) is 16.3. The van der Waals surface area contributed by atoms with Crippen LogP contribution in [-0.4, -0.2) is 92.8 Å². The van der Waals surface area contributed by atoms with Crippen LogP contribution in [0.5, 0.6) is 0 Å². The first-order valence-corrected chi connectivity index (χ1v) is 12.7. The van der Waals surface area contributed by atoms with Gasteiger partial charge in [0.2, 0.25) is 15.9 Å². The number of nitrogens with zero attached hydrogens (tertiary/aromatic N) is 2. The minimum atomic E-state index is -5.08. The second kappa shape index (κ2) is 12.7. The average Bonchev–Trinajstić information content (AvgIpc) is 3.31. The molecular weight excluding hydrogens is 491 g/mol. The molecule has 0 radical (unpaired) electrons. The van der Waals surface area contributed by atoms with Gasteiger partial charge in [-0.05, 0) is 49.9 Å². The monoisotopic (exact) mass is 523 g/mol. The smallest absolute Gasteiger partial charge is 0.475 e. The molecule has 2 aliphatic rings. The molecule has 0 bridgehead atoms. The number of halogens is 3. The van der Waals surface area contributed by atoms with Crippen LogP contribution in [0, 0.1) is 13.8 Å². The Morgan fingerprint density at radius 2 is 1.83 bits per heavy atom. The highest BCUT2D eigenvalue weighted by Gasteiger charge is 2.38. The summed E-state index contributed by atoms with van der Waals surface area (Å²) < 4.78 is 65.5. The van der Waals surface area contributed by atoms with Crippen molar-refractivity contribution in [3.63, 3.8) is 0 Å². The van der Waals surface area contributed by atoms with Gasteiger partial charge < -0.3 is 20.1 Å². The van der Waals surface area contributed by atoms with Gasteiger partial charge in [-0.2, -0.15) is 17.5 Å². The molecule has 9 nitrogen and oxygen atoms in total. The van der Waals surface area contributed by atoms with Crippen LogP contribution in [0.1, 0.15) is 30.4 Å². The molecule has 0 saturated carbocycles. The highest BCUT2D eigenvalue weighted by atomic mass is 32.2. The van der Waals surface area contributed by atoms with Crippen molar-refractivity contribution in [1.82, 2.24) is 14.5 Å². The molecule has 198 valence electrons. The van der Waals surface area contributed by atoms with Crippen LogP contribution in [0.25, 0.3) is 0 Å². The molecule has 2 N–H and O–H groups in total. The number of alkyl halides is 3. The van der Waals surface area contributed by atoms with Gasteiger partial charge in [0.15, 0.2) is 0 Å². The number of benzene rings is 1. The van der Waals surface area contributed by atoms with Gasteiger partial charge in [0.25, 0.3) is 0 Å². The van der Waals surface area contributed by atoms with Crippen LogP contribution in [-0.2, 0) is 24.3 Å². The molecule has 1 unspecified atom stereocenters. The van der Waals surface area contributed by atoms with Crippen molar-refractivity contribution in [1.29, 1.82) is 0 Å². The fraction of sp³-hybridized carbons (Fsp3) is 0.636. The third-order valence-electron chi connectivity index (χ3n) is 5.83. The van der Waals surface area contributed by atoms with Gasteiger partial charge in [-0.15, -0.1) is 0 Å². The molecule has 1 atom stereocenters. The molecule has 1 aromatic rings. The third-order valence-corrected chi connectivity index (χ3v) is 7.70. The molecular formula is C22H32F3N3O6S. The fourth-order valence-electron chi connectivity index (χ4n) is 3.64. The van der Waals surface area contributed by atoms with E-state index < -0.39 is 22.2 Å². The van der Waals surface area contributed by atoms with E-state index in [0.717, 1.165) is 37.1 Å². The van der Waals surface area contributed by atoms with Gasteiger partial charge in [-0.1, -0.05) is 6.07 Å². The number of hydrogen-bond donors (Lipinski definition) is 2. The van der Waals surface area contributed by atoms with Crippen molar-refractivity contribution in [3.05, 3.63) is 29.3 Å². The predicted octanol–water partition coefficient (Wildman–Crippen LogP) is 1.93. The highest BCUT2D eigenvalue weighted by molar-refractivity contribution is 7.89. The van der Waals surface area contributed by atoms with Crippen molar-refractivity contribution in [3.8, 4) is 0 Å². The number of carboxylic acids is 1. The van der Waals surface area contributed by atoms with Gasteiger partial charge in [-0.25, -0.2) is 13.2 Å². The number of piperazine rings is 1. The van der Waals surface area contributed by atoms with Crippen molar-refractivity contribution >= 4 is 21.9 Å². The SMILES string of the molecule is Cc1ccc(S(=O)(=O)N(CCC(=O)N2CCNCC2)CC2CCCO2)cc1C.O=C(O)C(F)(F)F. The number of aryl methyl sites for hydroxylation is 2. The maximum Gasteiger partial charge on any atom is 0.490 e. The summed E-state index contributed by atoms with van der Waals surface area (Å²) in [6, 6.07) is 5.20. The lowest BCUT2D eigenvalue weighted by atomic mass is 10.1. The number of nitrogens with one attached hydrogen (secondary N) is 1. The van der Waals surface area contributed by atoms with Crippen molar-refractivity contribution in [2.75, 3.05) is 45.9 Å². The predicted molar refractivity (Wildman–Crippen MR) is 121 cm³/mol. The number of sulfonamides is 1. The lowest BCUT2D eigenvalue weighted by Crippen LogP contribution is -2.47. The van der Waals surface area contributed by atoms with Crippen LogP contribution in [0.4, 0.5) is 13.2 Å². The average molecular weight is 524 g/mol. The molecule has 0 aromatic heterocycles. The lowest BCUT2D eigenvalue weighted by Gasteiger charge is -2.29. The van der Waals surface area contributed by atoms with Crippen molar-refractivity contribution in [2.45, 2.75) is 50.3 Å². The summed E-state index contributed by atoms with van der Waals surface area (Å²) in [5.41, 5.74) is 1.99. The van der Waals surface area contributed by atoms with Crippen LogP contribution >= 0.6 is 0 Å².